The first-order valence-corrected chi connectivity index (χ1v) is 16.0. The molecule has 1 saturated heterocycles. The number of carbonyl (C=O) groups excluding carboxylic acids is 1. The van der Waals surface area contributed by atoms with E-state index >= 15 is 0 Å². The number of likely N-dealkylation sites (N-methyl/N-ethyl adjacent to an activating group) is 1. The molecule has 1 aliphatic heterocycles. The fourth-order valence-corrected chi connectivity index (χ4v) is 5.80. The molecule has 2 N–H and O–H groups in total. The highest BCUT2D eigenvalue weighted by Gasteiger charge is 2.39. The van der Waals surface area contributed by atoms with Crippen LogP contribution >= 0.6 is 34.8 Å². The molecule has 6 nitrogen and oxygen atoms in total. The van der Waals surface area contributed by atoms with E-state index in [-0.39, 0.29) is 31.3 Å². The molecule has 9 heteroatoms. The second kappa shape index (κ2) is 15.1. The van der Waals surface area contributed by atoms with Gasteiger partial charge in [-0.3, -0.25) is 9.69 Å². The highest BCUT2D eigenvalue weighted by molar-refractivity contribution is 6.76. The Bertz CT molecular complexity index is 1560. The normalized spacial score (nSPS) is 20.2. The van der Waals surface area contributed by atoms with E-state index in [9.17, 15) is 9.90 Å². The third-order valence-corrected chi connectivity index (χ3v) is 8.55. The summed E-state index contributed by atoms with van der Waals surface area (Å²) in [5.41, 5.74) is 6.87. The fraction of sp³-hybridized carbons (Fsp3) is 0.306. The Morgan fingerprint density at radius 2 is 1.49 bits per heavy atom. The van der Waals surface area contributed by atoms with Crippen LogP contribution < -0.4 is 5.32 Å². The monoisotopic (exact) mass is 666 g/mol. The minimum atomic E-state index is -2.02. The molecule has 0 aliphatic carbocycles. The second-order valence-electron chi connectivity index (χ2n) is 11.5. The molecule has 0 spiro atoms. The molecule has 236 valence electrons. The van der Waals surface area contributed by atoms with Crippen LogP contribution in [0.4, 0.5) is 0 Å². The molecule has 4 atom stereocenters. The Kier molecular flexibility index (Phi) is 11.2. The number of carbonyl (C=O) groups is 1. The molecule has 4 aromatic carbocycles. The second-order valence-corrected chi connectivity index (χ2v) is 13.8. The highest BCUT2D eigenvalue weighted by atomic mass is 35.6. The first kappa shape index (κ1) is 33.4. The van der Waals surface area contributed by atoms with Gasteiger partial charge in [0.1, 0.15) is 0 Å². The predicted octanol–water partition coefficient (Wildman–Crippen LogP) is 7.76. The number of aliphatic hydroxyl groups excluding tert-OH is 1. The van der Waals surface area contributed by atoms with Crippen LogP contribution in [0.5, 0.6) is 0 Å². The van der Waals surface area contributed by atoms with E-state index in [1.807, 2.05) is 72.8 Å². The van der Waals surface area contributed by atoms with Crippen LogP contribution in [-0.2, 0) is 34.0 Å². The molecule has 0 unspecified atom stereocenters. The van der Waals surface area contributed by atoms with Crippen molar-refractivity contribution >= 4 is 40.7 Å². The molecule has 0 radical (unpaired) electrons. The zero-order valence-corrected chi connectivity index (χ0v) is 27.5. The zero-order chi connectivity index (χ0) is 32.0. The van der Waals surface area contributed by atoms with Gasteiger partial charge in [-0.2, -0.15) is 0 Å². The Morgan fingerprint density at radius 1 is 0.822 bits per heavy atom. The summed E-state index contributed by atoms with van der Waals surface area (Å²) in [5.74, 6) is -0.604. The van der Waals surface area contributed by atoms with Crippen LogP contribution in [0.1, 0.15) is 47.1 Å². The van der Waals surface area contributed by atoms with E-state index in [0.717, 1.165) is 46.5 Å². The molecular weight excluding hydrogens is 631 g/mol. The van der Waals surface area contributed by atoms with E-state index in [0.29, 0.717) is 0 Å². The third kappa shape index (κ3) is 8.87. The van der Waals surface area contributed by atoms with Gasteiger partial charge in [-0.25, -0.2) is 0 Å². The number of hydrogen-bond donors (Lipinski definition) is 2. The van der Waals surface area contributed by atoms with Gasteiger partial charge in [-0.05, 0) is 52.6 Å². The summed E-state index contributed by atoms with van der Waals surface area (Å²) >= 11 is 17.1. The molecule has 1 amide bonds. The highest BCUT2D eigenvalue weighted by Crippen LogP contribution is 2.42. The van der Waals surface area contributed by atoms with E-state index in [2.05, 4.69) is 54.5 Å². The summed E-state index contributed by atoms with van der Waals surface area (Å²) in [6.07, 6.45) is -0.904. The van der Waals surface area contributed by atoms with Crippen molar-refractivity contribution in [1.29, 1.82) is 0 Å². The van der Waals surface area contributed by atoms with Gasteiger partial charge in [0.15, 0.2) is 6.29 Å². The fourth-order valence-electron chi connectivity index (χ4n) is 5.60. The summed E-state index contributed by atoms with van der Waals surface area (Å²) in [4.78, 5) is 14.3. The lowest BCUT2D eigenvalue weighted by atomic mass is 9.90. The first-order valence-electron chi connectivity index (χ1n) is 14.9. The number of halogens is 3. The zero-order valence-electron chi connectivity index (χ0n) is 25.2. The molecule has 1 heterocycles. The van der Waals surface area contributed by atoms with Crippen LogP contribution in [0.15, 0.2) is 103 Å². The van der Waals surface area contributed by atoms with Crippen molar-refractivity contribution in [1.82, 2.24) is 10.2 Å². The Balaban J connectivity index is 1.38. The van der Waals surface area contributed by atoms with E-state index in [1.54, 1.807) is 0 Å². The van der Waals surface area contributed by atoms with Crippen LogP contribution in [0, 0.1) is 5.92 Å². The lowest BCUT2D eigenvalue weighted by Gasteiger charge is -2.42. The van der Waals surface area contributed by atoms with Gasteiger partial charge in [0, 0.05) is 31.1 Å². The summed E-state index contributed by atoms with van der Waals surface area (Å²) in [6.45, 7) is 3.92. The van der Waals surface area contributed by atoms with Crippen molar-refractivity contribution in [2.75, 3.05) is 13.6 Å². The van der Waals surface area contributed by atoms with Crippen molar-refractivity contribution in [3.63, 3.8) is 0 Å². The van der Waals surface area contributed by atoms with E-state index < -0.39 is 16.0 Å². The number of hydrogen-bond acceptors (Lipinski definition) is 5. The number of aliphatic hydroxyl groups is 1. The first-order chi connectivity index (χ1) is 21.6. The standard InChI is InChI=1S/C36H37Cl3N2O4/c1-24-32(22-41(2)21-25-8-4-3-5-9-25)44-34(45-33(24)28-16-14-26(23-42)15-17-28)31-13-7-12-30(19-31)29-11-6-10-27(18-29)20-40-35(43)36(37,38)39/h3-19,24,32-34,42H,20-23H2,1-2H3,(H,40,43)/t24-,32+,33+,34+/m0/s1. The van der Waals surface area contributed by atoms with Crippen LogP contribution in [0.3, 0.4) is 0 Å². The summed E-state index contributed by atoms with van der Waals surface area (Å²) < 4.78 is 11.4. The van der Waals surface area contributed by atoms with E-state index in [4.69, 9.17) is 44.3 Å². The summed E-state index contributed by atoms with van der Waals surface area (Å²) in [5, 5.41) is 12.2. The molecule has 0 saturated carbocycles. The van der Waals surface area contributed by atoms with Crippen molar-refractivity contribution in [3.05, 3.63) is 131 Å². The number of ether oxygens (including phenoxy) is 2. The molecule has 5 rings (SSSR count). The van der Waals surface area contributed by atoms with Gasteiger partial charge < -0.3 is 19.9 Å². The van der Waals surface area contributed by atoms with Crippen LogP contribution in [0.2, 0.25) is 0 Å². The molecule has 0 aromatic heterocycles. The van der Waals surface area contributed by atoms with Crippen molar-refractivity contribution < 1.29 is 19.4 Å². The van der Waals surface area contributed by atoms with Crippen molar-refractivity contribution in [3.8, 4) is 11.1 Å². The molecule has 1 fully saturated rings. The van der Waals surface area contributed by atoms with Crippen molar-refractivity contribution in [2.24, 2.45) is 5.92 Å². The lowest BCUT2D eigenvalue weighted by Crippen LogP contribution is -2.43. The smallest absolute Gasteiger partial charge is 0.272 e. The summed E-state index contributed by atoms with van der Waals surface area (Å²) in [6, 6.07) is 34.3. The number of benzene rings is 4. The molecular formula is C36H37Cl3N2O4. The maximum Gasteiger partial charge on any atom is 0.272 e. The maximum atomic E-state index is 12.0. The third-order valence-electron chi connectivity index (χ3n) is 8.04. The van der Waals surface area contributed by atoms with Crippen molar-refractivity contribution in [2.45, 2.75) is 48.9 Å². The van der Waals surface area contributed by atoms with E-state index in [1.165, 1.54) is 5.56 Å². The largest absolute Gasteiger partial charge is 0.392 e. The van der Waals surface area contributed by atoms with Gasteiger partial charge in [-0.1, -0.05) is 133 Å². The van der Waals surface area contributed by atoms with Gasteiger partial charge in [-0.15, -0.1) is 0 Å². The topological polar surface area (TPSA) is 71.0 Å². The number of amides is 1. The predicted molar refractivity (Wildman–Crippen MR) is 180 cm³/mol. The number of nitrogens with one attached hydrogen (secondary N) is 1. The maximum absolute atomic E-state index is 12.0. The summed E-state index contributed by atoms with van der Waals surface area (Å²) in [7, 11) is 2.11. The number of nitrogens with zero attached hydrogens (tertiary/aromatic N) is 1. The SMILES string of the molecule is C[C@H]1[C@@H](CN(C)Cc2ccccc2)O[C@@H](c2cccc(-c3cccc(CNC(=O)C(Cl)(Cl)Cl)c3)c2)O[C@H]1c1ccc(CO)cc1. The Labute approximate surface area is 279 Å². The average Bonchev–Trinajstić information content (AvgIpc) is 3.05. The number of rotatable bonds is 10. The molecule has 4 aromatic rings. The minimum Gasteiger partial charge on any atom is -0.392 e. The minimum absolute atomic E-state index is 0.00668. The Hall–Kier alpha value is -2.94. The molecule has 1 aliphatic rings. The Morgan fingerprint density at radius 3 is 2.18 bits per heavy atom. The molecule has 0 bridgehead atoms. The van der Waals surface area contributed by atoms with Crippen LogP contribution in [-0.4, -0.2) is 39.4 Å². The lowest BCUT2D eigenvalue weighted by molar-refractivity contribution is -0.276. The van der Waals surface area contributed by atoms with Crippen LogP contribution in [0.25, 0.3) is 11.1 Å². The van der Waals surface area contributed by atoms with Gasteiger partial charge >= 0.3 is 0 Å². The average molecular weight is 668 g/mol. The number of alkyl halides is 3. The van der Waals surface area contributed by atoms with Gasteiger partial charge in [0.05, 0.1) is 18.8 Å². The quantitative estimate of drug-likeness (QED) is 0.169. The molecule has 45 heavy (non-hydrogen) atoms. The van der Waals surface area contributed by atoms with Gasteiger partial charge in [0.2, 0.25) is 0 Å². The van der Waals surface area contributed by atoms with Gasteiger partial charge in [0.25, 0.3) is 9.70 Å².